The maximum atomic E-state index is 11.9. The van der Waals surface area contributed by atoms with Gasteiger partial charge in [-0.05, 0) is 28.1 Å². The average Bonchev–Trinajstić information content (AvgIpc) is 2.10. The van der Waals surface area contributed by atoms with Gasteiger partial charge in [0, 0.05) is 0 Å². The first-order valence-corrected chi connectivity index (χ1v) is 4.91. The van der Waals surface area contributed by atoms with Gasteiger partial charge in [-0.1, -0.05) is 11.6 Å². The molecule has 7 heteroatoms. The van der Waals surface area contributed by atoms with Crippen molar-refractivity contribution in [3.8, 4) is 5.75 Å². The summed E-state index contributed by atoms with van der Waals surface area (Å²) in [5.41, 5.74) is 5.53. The summed E-state index contributed by atoms with van der Waals surface area (Å²) in [7, 11) is 0. The first-order valence-electron chi connectivity index (χ1n) is 3.74. The Hall–Kier alpha value is -0.620. The number of anilines is 1. The van der Waals surface area contributed by atoms with Crippen LogP contribution in [-0.2, 0) is 0 Å². The highest BCUT2D eigenvalue weighted by atomic mass is 79.9. The van der Waals surface area contributed by atoms with Crippen LogP contribution in [0, 0.1) is 0 Å². The third-order valence-electron chi connectivity index (χ3n) is 1.46. The minimum Gasteiger partial charge on any atom is -0.481 e. The smallest absolute Gasteiger partial charge is 0.422 e. The molecule has 0 unspecified atom stereocenters. The summed E-state index contributed by atoms with van der Waals surface area (Å²) in [4.78, 5) is 0. The molecule has 1 aromatic carbocycles. The highest BCUT2D eigenvalue weighted by Crippen LogP contribution is 2.37. The molecule has 0 atom stereocenters. The van der Waals surface area contributed by atoms with E-state index >= 15 is 0 Å². The topological polar surface area (TPSA) is 35.2 Å². The van der Waals surface area contributed by atoms with E-state index in [2.05, 4.69) is 20.7 Å². The third kappa shape index (κ3) is 3.46. The third-order valence-corrected chi connectivity index (χ3v) is 2.79. The molecule has 0 fully saturated rings. The molecule has 84 valence electrons. The molecule has 0 aromatic heterocycles. The van der Waals surface area contributed by atoms with Gasteiger partial charge in [0.15, 0.2) is 12.4 Å². The Morgan fingerprint density at radius 3 is 2.53 bits per heavy atom. The van der Waals surface area contributed by atoms with Crippen LogP contribution in [0.3, 0.4) is 0 Å². The van der Waals surface area contributed by atoms with Gasteiger partial charge >= 0.3 is 6.18 Å². The number of ether oxygens (including phenoxy) is 1. The summed E-state index contributed by atoms with van der Waals surface area (Å²) in [5, 5.41) is 0.237. The molecule has 0 amide bonds. The van der Waals surface area contributed by atoms with E-state index in [9.17, 15) is 13.2 Å². The van der Waals surface area contributed by atoms with Gasteiger partial charge in [0.05, 0.1) is 15.2 Å². The molecular weight excluding hydrogens is 298 g/mol. The summed E-state index contributed by atoms with van der Waals surface area (Å²) < 4.78 is 40.4. The van der Waals surface area contributed by atoms with Crippen molar-refractivity contribution in [3.63, 3.8) is 0 Å². The number of nitrogens with two attached hydrogens (primary N) is 1. The second-order valence-electron chi connectivity index (χ2n) is 2.68. The van der Waals surface area contributed by atoms with Gasteiger partial charge in [0.1, 0.15) is 0 Å². The lowest BCUT2D eigenvalue weighted by atomic mass is 10.3. The van der Waals surface area contributed by atoms with Crippen LogP contribution in [0.2, 0.25) is 5.02 Å². The lowest BCUT2D eigenvalue weighted by molar-refractivity contribution is -0.153. The first-order chi connectivity index (χ1) is 6.81. The van der Waals surface area contributed by atoms with E-state index in [1.807, 2.05) is 0 Å². The van der Waals surface area contributed by atoms with Crippen LogP contribution < -0.4 is 10.5 Å². The molecule has 0 aliphatic rings. The molecule has 1 aromatic rings. The monoisotopic (exact) mass is 303 g/mol. The summed E-state index contributed by atoms with van der Waals surface area (Å²) in [6, 6.07) is 2.83. The van der Waals surface area contributed by atoms with Crippen LogP contribution in [0.5, 0.6) is 5.75 Å². The van der Waals surface area contributed by atoms with Crippen LogP contribution in [0.4, 0.5) is 18.9 Å². The van der Waals surface area contributed by atoms with Crippen molar-refractivity contribution in [2.24, 2.45) is 0 Å². The van der Waals surface area contributed by atoms with E-state index in [-0.39, 0.29) is 20.9 Å². The van der Waals surface area contributed by atoms with Gasteiger partial charge in [-0.2, -0.15) is 13.2 Å². The molecule has 0 radical (unpaired) electrons. The Morgan fingerprint density at radius 1 is 1.40 bits per heavy atom. The Bertz CT molecular complexity index is 370. The number of nitrogen functional groups attached to an aromatic ring is 1. The van der Waals surface area contributed by atoms with E-state index in [0.717, 1.165) is 0 Å². The molecule has 0 aliphatic heterocycles. The van der Waals surface area contributed by atoms with E-state index in [1.54, 1.807) is 0 Å². The van der Waals surface area contributed by atoms with Crippen molar-refractivity contribution in [1.82, 2.24) is 0 Å². The van der Waals surface area contributed by atoms with Crippen LogP contribution in [-0.4, -0.2) is 12.8 Å². The minimum atomic E-state index is -4.41. The number of alkyl halides is 3. The molecule has 2 N–H and O–H groups in total. The second-order valence-corrected chi connectivity index (χ2v) is 3.88. The maximum Gasteiger partial charge on any atom is 0.422 e. The maximum absolute atomic E-state index is 11.9. The summed E-state index contributed by atoms with van der Waals surface area (Å²) in [5.74, 6) is -0.0974. The standard InChI is InChI=1S/C8H6BrClF3NO/c9-6-4(10)1-2-5(14)7(6)15-3-8(11,12)13/h1-2H,3,14H2. The molecule has 0 heterocycles. The lowest BCUT2D eigenvalue weighted by Crippen LogP contribution is -2.19. The Morgan fingerprint density at radius 2 is 2.00 bits per heavy atom. The fraction of sp³-hybridized carbons (Fsp3) is 0.250. The van der Waals surface area contributed by atoms with E-state index in [0.29, 0.717) is 0 Å². The fourth-order valence-electron chi connectivity index (χ4n) is 0.848. The first kappa shape index (κ1) is 12.4. The van der Waals surface area contributed by atoms with Crippen LogP contribution >= 0.6 is 27.5 Å². The second kappa shape index (κ2) is 4.49. The molecule has 0 saturated carbocycles. The molecule has 0 spiro atoms. The zero-order chi connectivity index (χ0) is 11.6. The highest BCUT2D eigenvalue weighted by molar-refractivity contribution is 9.10. The fourth-order valence-corrected chi connectivity index (χ4v) is 1.47. The van der Waals surface area contributed by atoms with E-state index < -0.39 is 12.8 Å². The van der Waals surface area contributed by atoms with Crippen LogP contribution in [0.25, 0.3) is 0 Å². The number of hydrogen-bond acceptors (Lipinski definition) is 2. The number of halogens is 5. The molecule has 0 bridgehead atoms. The Labute approximate surface area is 97.3 Å². The minimum absolute atomic E-state index is 0.0931. The molecule has 0 aliphatic carbocycles. The normalized spacial score (nSPS) is 11.5. The average molecular weight is 304 g/mol. The zero-order valence-electron chi connectivity index (χ0n) is 7.24. The number of hydrogen-bond donors (Lipinski definition) is 1. The Balaban J connectivity index is 2.90. The van der Waals surface area contributed by atoms with E-state index in [4.69, 9.17) is 17.3 Å². The molecule has 15 heavy (non-hydrogen) atoms. The van der Waals surface area contributed by atoms with Gasteiger partial charge in [-0.3, -0.25) is 0 Å². The van der Waals surface area contributed by atoms with Crippen LogP contribution in [0.1, 0.15) is 0 Å². The van der Waals surface area contributed by atoms with Crippen molar-refractivity contribution in [2.45, 2.75) is 6.18 Å². The van der Waals surface area contributed by atoms with Gasteiger partial charge in [0.25, 0.3) is 0 Å². The molecule has 1 rings (SSSR count). The highest BCUT2D eigenvalue weighted by Gasteiger charge is 2.29. The molecule has 2 nitrogen and oxygen atoms in total. The summed E-state index contributed by atoms with van der Waals surface area (Å²) in [6.45, 7) is -1.41. The largest absolute Gasteiger partial charge is 0.481 e. The van der Waals surface area contributed by atoms with E-state index in [1.165, 1.54) is 12.1 Å². The number of benzene rings is 1. The van der Waals surface area contributed by atoms with Crippen molar-refractivity contribution < 1.29 is 17.9 Å². The Kier molecular flexibility index (Phi) is 3.72. The number of rotatable bonds is 2. The van der Waals surface area contributed by atoms with Crippen molar-refractivity contribution in [1.29, 1.82) is 0 Å². The van der Waals surface area contributed by atoms with Crippen molar-refractivity contribution in [3.05, 3.63) is 21.6 Å². The molecular formula is C8H6BrClF3NO. The predicted octanol–water partition coefficient (Wildman–Crippen LogP) is 3.63. The predicted molar refractivity (Wildman–Crippen MR) is 55.1 cm³/mol. The summed E-state index contributed by atoms with van der Waals surface area (Å²) in [6.07, 6.45) is -4.41. The van der Waals surface area contributed by atoms with Gasteiger partial charge in [-0.25, -0.2) is 0 Å². The zero-order valence-corrected chi connectivity index (χ0v) is 9.58. The summed E-state index contributed by atoms with van der Waals surface area (Å²) >= 11 is 8.67. The van der Waals surface area contributed by atoms with Crippen molar-refractivity contribution in [2.75, 3.05) is 12.3 Å². The lowest BCUT2D eigenvalue weighted by Gasteiger charge is -2.13. The van der Waals surface area contributed by atoms with Crippen molar-refractivity contribution >= 4 is 33.2 Å². The van der Waals surface area contributed by atoms with Gasteiger partial charge in [-0.15, -0.1) is 0 Å². The van der Waals surface area contributed by atoms with Crippen LogP contribution in [0.15, 0.2) is 16.6 Å². The van der Waals surface area contributed by atoms with Gasteiger partial charge < -0.3 is 10.5 Å². The van der Waals surface area contributed by atoms with Gasteiger partial charge in [0.2, 0.25) is 0 Å². The molecule has 0 saturated heterocycles. The SMILES string of the molecule is Nc1ccc(Cl)c(Br)c1OCC(F)(F)F. The quantitative estimate of drug-likeness (QED) is 0.847.